The van der Waals surface area contributed by atoms with E-state index in [-0.39, 0.29) is 6.42 Å². The van der Waals surface area contributed by atoms with Crippen LogP contribution in [0.2, 0.25) is 0 Å². The molecule has 0 saturated carbocycles. The van der Waals surface area contributed by atoms with E-state index < -0.39 is 5.97 Å². The lowest BCUT2D eigenvalue weighted by molar-refractivity contribution is -0.136. The summed E-state index contributed by atoms with van der Waals surface area (Å²) in [6.07, 6.45) is 1.56. The Labute approximate surface area is 130 Å². The quantitative estimate of drug-likeness (QED) is 0.786. The van der Waals surface area contributed by atoms with E-state index in [1.54, 1.807) is 0 Å². The Morgan fingerprint density at radius 3 is 2.86 bits per heavy atom. The molecule has 1 aromatic carbocycles. The molecule has 0 radical (unpaired) electrons. The van der Waals surface area contributed by atoms with Crippen LogP contribution < -0.4 is 0 Å². The van der Waals surface area contributed by atoms with Gasteiger partial charge in [0.2, 0.25) is 5.78 Å². The highest BCUT2D eigenvalue weighted by Gasteiger charge is 2.18. The second-order valence-electron chi connectivity index (χ2n) is 5.11. The Morgan fingerprint density at radius 1 is 1.43 bits per heavy atom. The van der Waals surface area contributed by atoms with Crippen LogP contribution in [0.3, 0.4) is 0 Å². The van der Waals surface area contributed by atoms with Gasteiger partial charge < -0.3 is 9.67 Å². The minimum Gasteiger partial charge on any atom is -0.481 e. The molecule has 3 aromatic rings. The van der Waals surface area contributed by atoms with Gasteiger partial charge in [0.25, 0.3) is 0 Å². The lowest BCUT2D eigenvalue weighted by atomic mass is 10.1. The fourth-order valence-corrected chi connectivity index (χ4v) is 3.44. The van der Waals surface area contributed by atoms with E-state index in [1.807, 2.05) is 22.1 Å². The average Bonchev–Trinajstić information content (AvgIpc) is 2.94. The molecule has 21 heavy (non-hydrogen) atoms. The number of rotatable bonds is 4. The minimum atomic E-state index is -0.793. The molecule has 110 valence electrons. The maximum Gasteiger partial charge on any atom is 0.303 e. The summed E-state index contributed by atoms with van der Waals surface area (Å²) in [4.78, 5) is 15.4. The van der Waals surface area contributed by atoms with E-state index in [2.05, 4.69) is 40.0 Å². The largest absolute Gasteiger partial charge is 0.481 e. The van der Waals surface area contributed by atoms with Crippen molar-refractivity contribution in [2.24, 2.45) is 7.05 Å². The molecule has 0 bridgehead atoms. The smallest absolute Gasteiger partial charge is 0.303 e. The van der Waals surface area contributed by atoms with Crippen LogP contribution in [0.25, 0.3) is 16.8 Å². The van der Waals surface area contributed by atoms with Crippen molar-refractivity contribution in [2.45, 2.75) is 26.2 Å². The van der Waals surface area contributed by atoms with Crippen LogP contribution in [0.4, 0.5) is 0 Å². The lowest BCUT2D eigenvalue weighted by Gasteiger charge is -2.02. The Balaban J connectivity index is 2.22. The average molecular weight is 350 g/mol. The van der Waals surface area contributed by atoms with Gasteiger partial charge in [0.15, 0.2) is 0 Å². The molecule has 0 spiro atoms. The monoisotopic (exact) mass is 349 g/mol. The highest BCUT2D eigenvalue weighted by atomic mass is 79.9. The van der Waals surface area contributed by atoms with Gasteiger partial charge in [-0.2, -0.15) is 0 Å². The third kappa shape index (κ3) is 2.23. The van der Waals surface area contributed by atoms with Gasteiger partial charge in [-0.3, -0.25) is 9.20 Å². The number of carbonyl (C=O) groups is 1. The number of carboxylic acid groups (broad SMARTS) is 1. The van der Waals surface area contributed by atoms with Crippen molar-refractivity contribution in [1.82, 2.24) is 14.0 Å². The maximum atomic E-state index is 10.8. The molecule has 0 aliphatic heterocycles. The number of imidazole rings is 2. The fraction of sp³-hybridized carbons (Fsp3) is 0.333. The van der Waals surface area contributed by atoms with E-state index in [1.165, 1.54) is 5.56 Å². The number of aliphatic carboxylic acids is 1. The van der Waals surface area contributed by atoms with Gasteiger partial charge in [-0.1, -0.05) is 13.0 Å². The van der Waals surface area contributed by atoms with Crippen LogP contribution >= 0.6 is 15.9 Å². The van der Waals surface area contributed by atoms with Gasteiger partial charge in [0, 0.05) is 13.5 Å². The number of carboxylic acids is 1. The number of aryl methyl sites for hydroxylation is 2. The second kappa shape index (κ2) is 5.18. The third-order valence-electron chi connectivity index (χ3n) is 3.82. The van der Waals surface area contributed by atoms with Gasteiger partial charge in [-0.15, -0.1) is 0 Å². The summed E-state index contributed by atoms with van der Waals surface area (Å²) in [6.45, 7) is 2.12. The first-order chi connectivity index (χ1) is 10.0. The number of hydrogen-bond donors (Lipinski definition) is 1. The third-order valence-corrected chi connectivity index (χ3v) is 4.64. The number of fused-ring (bicyclic) bond motifs is 3. The van der Waals surface area contributed by atoms with Crippen LogP contribution in [0.1, 0.15) is 24.6 Å². The van der Waals surface area contributed by atoms with Crippen molar-refractivity contribution in [1.29, 1.82) is 0 Å². The zero-order valence-corrected chi connectivity index (χ0v) is 13.5. The molecule has 1 N–H and O–H groups in total. The molecule has 0 unspecified atom stereocenters. The topological polar surface area (TPSA) is 59.5 Å². The van der Waals surface area contributed by atoms with Crippen molar-refractivity contribution in [2.75, 3.05) is 0 Å². The molecule has 3 rings (SSSR count). The van der Waals surface area contributed by atoms with E-state index in [4.69, 9.17) is 5.11 Å². The van der Waals surface area contributed by atoms with Crippen molar-refractivity contribution in [3.8, 4) is 0 Å². The van der Waals surface area contributed by atoms with E-state index in [9.17, 15) is 4.79 Å². The Kier molecular flexibility index (Phi) is 3.49. The predicted molar refractivity (Wildman–Crippen MR) is 84.7 cm³/mol. The number of nitrogens with zero attached hydrogens (tertiary/aromatic N) is 3. The van der Waals surface area contributed by atoms with Crippen molar-refractivity contribution in [3.63, 3.8) is 0 Å². The molecule has 5 nitrogen and oxygen atoms in total. The molecule has 0 aliphatic carbocycles. The van der Waals surface area contributed by atoms with Crippen LogP contribution in [0.5, 0.6) is 0 Å². The normalized spacial score (nSPS) is 11.6. The highest BCUT2D eigenvalue weighted by Crippen LogP contribution is 2.28. The van der Waals surface area contributed by atoms with Crippen LogP contribution in [0, 0.1) is 0 Å². The first kappa shape index (κ1) is 14.1. The van der Waals surface area contributed by atoms with Gasteiger partial charge in [-0.25, -0.2) is 4.98 Å². The van der Waals surface area contributed by atoms with Crippen molar-refractivity contribution in [3.05, 3.63) is 34.1 Å². The van der Waals surface area contributed by atoms with E-state index in [0.717, 1.165) is 33.5 Å². The van der Waals surface area contributed by atoms with Gasteiger partial charge >= 0.3 is 5.97 Å². The number of benzene rings is 1. The van der Waals surface area contributed by atoms with Gasteiger partial charge in [0.05, 0.1) is 23.1 Å². The second-order valence-corrected chi connectivity index (χ2v) is 5.87. The number of halogens is 1. The molecule has 0 aliphatic rings. The molecule has 0 atom stereocenters. The molecular formula is C15H16BrN3O2. The summed E-state index contributed by atoms with van der Waals surface area (Å²) < 4.78 is 4.89. The molecule has 0 saturated heterocycles. The van der Waals surface area contributed by atoms with Crippen LogP contribution in [-0.4, -0.2) is 25.0 Å². The SMILES string of the molecule is CCc1ccc2nc3n(C)c(CCC(=O)O)c(Br)n3c2c1. The lowest BCUT2D eigenvalue weighted by Crippen LogP contribution is -2.02. The summed E-state index contributed by atoms with van der Waals surface area (Å²) in [5, 5.41) is 8.88. The van der Waals surface area contributed by atoms with Gasteiger partial charge in [-0.05, 0) is 40.0 Å². The maximum absolute atomic E-state index is 10.8. The van der Waals surface area contributed by atoms with Crippen LogP contribution in [-0.2, 0) is 24.7 Å². The summed E-state index contributed by atoms with van der Waals surface area (Å²) in [5.74, 6) is 0.0318. The summed E-state index contributed by atoms with van der Waals surface area (Å²) in [7, 11) is 1.92. The summed E-state index contributed by atoms with van der Waals surface area (Å²) in [6, 6.07) is 6.26. The zero-order chi connectivity index (χ0) is 15.1. The fourth-order valence-electron chi connectivity index (χ4n) is 2.63. The molecular weight excluding hydrogens is 334 g/mol. The number of aromatic nitrogens is 3. The molecule has 0 fully saturated rings. The van der Waals surface area contributed by atoms with E-state index >= 15 is 0 Å². The first-order valence-electron chi connectivity index (χ1n) is 6.88. The molecule has 2 heterocycles. The predicted octanol–water partition coefficient (Wildman–Crippen LogP) is 3.17. The molecule has 2 aromatic heterocycles. The van der Waals surface area contributed by atoms with Crippen LogP contribution in [0.15, 0.2) is 22.8 Å². The standard InChI is InChI=1S/C15H16BrN3O2/c1-3-9-4-5-10-12(8-9)19-14(16)11(6-7-13(20)21)18(2)15(19)17-10/h4-5,8H,3,6-7H2,1-2H3,(H,20,21). The Hall–Kier alpha value is -1.82. The van der Waals surface area contributed by atoms with Crippen molar-refractivity contribution < 1.29 is 9.90 Å². The summed E-state index contributed by atoms with van der Waals surface area (Å²) in [5.41, 5.74) is 4.20. The molecule has 0 amide bonds. The van der Waals surface area contributed by atoms with E-state index in [0.29, 0.717) is 6.42 Å². The van der Waals surface area contributed by atoms with Gasteiger partial charge in [0.1, 0.15) is 4.60 Å². The molecule has 6 heteroatoms. The van der Waals surface area contributed by atoms with Crippen molar-refractivity contribution >= 4 is 38.7 Å². The minimum absolute atomic E-state index is 0.109. The highest BCUT2D eigenvalue weighted by molar-refractivity contribution is 9.10. The Morgan fingerprint density at radius 2 is 2.19 bits per heavy atom. The summed E-state index contributed by atoms with van der Waals surface area (Å²) >= 11 is 3.61. The zero-order valence-electron chi connectivity index (χ0n) is 11.9. The first-order valence-corrected chi connectivity index (χ1v) is 7.68. The number of hydrogen-bond acceptors (Lipinski definition) is 2. The Bertz CT molecular complexity index is 848.